The van der Waals surface area contributed by atoms with Crippen LogP contribution in [0.1, 0.15) is 18.2 Å². The fraction of sp³-hybridized carbons (Fsp3) is 0.273. The number of hydrogen-bond donors (Lipinski definition) is 1. The van der Waals surface area contributed by atoms with Gasteiger partial charge in [0.2, 0.25) is 0 Å². The first-order valence-corrected chi connectivity index (χ1v) is 5.50. The zero-order chi connectivity index (χ0) is 13.3. The molecule has 0 unspecified atom stereocenters. The first kappa shape index (κ1) is 12.0. The summed E-state index contributed by atoms with van der Waals surface area (Å²) in [7, 11) is 0. The monoisotopic (exact) mass is 247 g/mol. The molecule has 0 fully saturated rings. The van der Waals surface area contributed by atoms with E-state index in [1.807, 2.05) is 6.92 Å². The number of nitrogens with zero attached hydrogens (tertiary/aromatic N) is 4. The third-order valence-electron chi connectivity index (χ3n) is 2.76. The number of aryl methyl sites for hydroxylation is 1. The molecule has 1 aromatic carbocycles. The number of nitro benzene ring substituents is 1. The van der Waals surface area contributed by atoms with Gasteiger partial charge in [0.25, 0.3) is 5.69 Å². The number of aromatic nitrogens is 3. The number of benzene rings is 1. The van der Waals surface area contributed by atoms with Gasteiger partial charge in [-0.3, -0.25) is 10.1 Å². The van der Waals surface area contributed by atoms with Gasteiger partial charge in [-0.05, 0) is 19.4 Å². The third kappa shape index (κ3) is 1.90. The van der Waals surface area contributed by atoms with Crippen LogP contribution in [0.2, 0.25) is 0 Å². The fourth-order valence-electron chi connectivity index (χ4n) is 1.78. The number of nitro groups is 1. The molecule has 94 valence electrons. The van der Waals surface area contributed by atoms with Gasteiger partial charge in [0.1, 0.15) is 0 Å². The lowest BCUT2D eigenvalue weighted by Crippen LogP contribution is -2.04. The van der Waals surface area contributed by atoms with E-state index in [-0.39, 0.29) is 5.69 Å². The van der Waals surface area contributed by atoms with Crippen molar-refractivity contribution in [3.8, 4) is 5.69 Å². The van der Waals surface area contributed by atoms with Gasteiger partial charge in [0, 0.05) is 11.6 Å². The van der Waals surface area contributed by atoms with Crippen LogP contribution in [0.3, 0.4) is 0 Å². The van der Waals surface area contributed by atoms with Crippen molar-refractivity contribution in [2.24, 2.45) is 0 Å². The first-order chi connectivity index (χ1) is 8.54. The maximum absolute atomic E-state index is 10.9. The molecule has 0 radical (unpaired) electrons. The van der Waals surface area contributed by atoms with Gasteiger partial charge in [-0.25, -0.2) is 4.68 Å². The summed E-state index contributed by atoms with van der Waals surface area (Å²) in [6.45, 7) is 3.62. The highest BCUT2D eigenvalue weighted by molar-refractivity contribution is 5.50. The maximum atomic E-state index is 10.9. The molecular formula is C11H13N5O2. The summed E-state index contributed by atoms with van der Waals surface area (Å²) in [6.07, 6.45) is 0.653. The Morgan fingerprint density at radius 3 is 2.83 bits per heavy atom. The van der Waals surface area contributed by atoms with Crippen molar-refractivity contribution < 1.29 is 4.92 Å². The highest BCUT2D eigenvalue weighted by Crippen LogP contribution is 2.23. The van der Waals surface area contributed by atoms with Gasteiger partial charge in [-0.2, -0.15) is 0 Å². The number of nitrogen functional groups attached to an aromatic ring is 1. The van der Waals surface area contributed by atoms with Crippen LogP contribution in [-0.2, 0) is 6.42 Å². The SMILES string of the molecule is CCc1c(N)nnn1-c1ccc(C)c([N+](=O)[O-])c1. The summed E-state index contributed by atoms with van der Waals surface area (Å²) >= 11 is 0. The first-order valence-electron chi connectivity index (χ1n) is 5.50. The van der Waals surface area contributed by atoms with Crippen LogP contribution in [-0.4, -0.2) is 19.9 Å². The maximum Gasteiger partial charge on any atom is 0.274 e. The molecule has 18 heavy (non-hydrogen) atoms. The smallest absolute Gasteiger partial charge is 0.274 e. The molecule has 2 aromatic rings. The summed E-state index contributed by atoms with van der Waals surface area (Å²) in [6, 6.07) is 4.92. The molecule has 1 heterocycles. The minimum Gasteiger partial charge on any atom is -0.381 e. The molecule has 1 aromatic heterocycles. The lowest BCUT2D eigenvalue weighted by atomic mass is 10.2. The molecule has 0 atom stereocenters. The molecule has 0 saturated heterocycles. The molecule has 7 heteroatoms. The second-order valence-electron chi connectivity index (χ2n) is 3.91. The zero-order valence-corrected chi connectivity index (χ0v) is 10.1. The second kappa shape index (κ2) is 4.44. The van der Waals surface area contributed by atoms with E-state index in [1.165, 1.54) is 10.7 Å². The summed E-state index contributed by atoms with van der Waals surface area (Å²) < 4.78 is 1.53. The molecule has 0 aliphatic carbocycles. The molecular weight excluding hydrogens is 234 g/mol. The molecule has 7 nitrogen and oxygen atoms in total. The van der Waals surface area contributed by atoms with Crippen LogP contribution >= 0.6 is 0 Å². The van der Waals surface area contributed by atoms with E-state index < -0.39 is 4.92 Å². The van der Waals surface area contributed by atoms with E-state index in [9.17, 15) is 10.1 Å². The Labute approximate surface area is 103 Å². The molecule has 0 saturated carbocycles. The normalized spacial score (nSPS) is 10.6. The summed E-state index contributed by atoms with van der Waals surface area (Å²) in [5.41, 5.74) is 7.69. The summed E-state index contributed by atoms with van der Waals surface area (Å²) in [5.74, 6) is 0.348. The highest BCUT2D eigenvalue weighted by atomic mass is 16.6. The van der Waals surface area contributed by atoms with Gasteiger partial charge in [0.15, 0.2) is 5.82 Å². The largest absolute Gasteiger partial charge is 0.381 e. The van der Waals surface area contributed by atoms with Crippen LogP contribution < -0.4 is 5.73 Å². The van der Waals surface area contributed by atoms with Gasteiger partial charge in [0.05, 0.1) is 16.3 Å². The molecule has 0 aliphatic heterocycles. The van der Waals surface area contributed by atoms with Crippen LogP contribution in [0.4, 0.5) is 11.5 Å². The third-order valence-corrected chi connectivity index (χ3v) is 2.76. The average molecular weight is 247 g/mol. The highest BCUT2D eigenvalue weighted by Gasteiger charge is 2.15. The van der Waals surface area contributed by atoms with Crippen molar-refractivity contribution in [2.75, 3.05) is 5.73 Å². The van der Waals surface area contributed by atoms with Gasteiger partial charge < -0.3 is 5.73 Å². The number of anilines is 1. The molecule has 0 bridgehead atoms. The van der Waals surface area contributed by atoms with E-state index in [1.54, 1.807) is 19.1 Å². The van der Waals surface area contributed by atoms with E-state index in [0.29, 0.717) is 23.5 Å². The molecule has 2 rings (SSSR count). The number of hydrogen-bond acceptors (Lipinski definition) is 5. The van der Waals surface area contributed by atoms with Crippen molar-refractivity contribution in [1.29, 1.82) is 0 Å². The van der Waals surface area contributed by atoms with Crippen molar-refractivity contribution in [3.63, 3.8) is 0 Å². The van der Waals surface area contributed by atoms with Crippen molar-refractivity contribution in [3.05, 3.63) is 39.6 Å². The predicted molar refractivity (Wildman–Crippen MR) is 66.5 cm³/mol. The Balaban J connectivity index is 2.57. The zero-order valence-electron chi connectivity index (χ0n) is 10.1. The molecule has 0 aliphatic rings. The summed E-state index contributed by atoms with van der Waals surface area (Å²) in [4.78, 5) is 10.5. The topological polar surface area (TPSA) is 99.9 Å². The number of nitrogens with two attached hydrogens (primary N) is 1. The number of rotatable bonds is 3. The summed E-state index contributed by atoms with van der Waals surface area (Å²) in [5, 5.41) is 18.6. The van der Waals surface area contributed by atoms with E-state index in [4.69, 9.17) is 5.73 Å². The van der Waals surface area contributed by atoms with E-state index in [0.717, 1.165) is 5.69 Å². The Kier molecular flexibility index (Phi) is 2.97. The second-order valence-corrected chi connectivity index (χ2v) is 3.91. The Morgan fingerprint density at radius 2 is 2.22 bits per heavy atom. The van der Waals surface area contributed by atoms with Crippen LogP contribution in [0.15, 0.2) is 18.2 Å². The lowest BCUT2D eigenvalue weighted by molar-refractivity contribution is -0.385. The lowest BCUT2D eigenvalue weighted by Gasteiger charge is -2.05. The van der Waals surface area contributed by atoms with Crippen molar-refractivity contribution in [1.82, 2.24) is 15.0 Å². The Bertz CT molecular complexity index is 605. The van der Waals surface area contributed by atoms with Gasteiger partial charge >= 0.3 is 0 Å². The predicted octanol–water partition coefficient (Wildman–Crippen LogP) is 1.63. The van der Waals surface area contributed by atoms with E-state index in [2.05, 4.69) is 10.3 Å². The minimum atomic E-state index is -0.412. The van der Waals surface area contributed by atoms with Gasteiger partial charge in [-0.1, -0.05) is 18.2 Å². The molecule has 0 spiro atoms. The van der Waals surface area contributed by atoms with Crippen molar-refractivity contribution in [2.45, 2.75) is 20.3 Å². The van der Waals surface area contributed by atoms with E-state index >= 15 is 0 Å². The van der Waals surface area contributed by atoms with Crippen LogP contribution in [0.5, 0.6) is 0 Å². The average Bonchev–Trinajstić information content (AvgIpc) is 2.70. The van der Waals surface area contributed by atoms with Crippen LogP contribution in [0.25, 0.3) is 5.69 Å². The Morgan fingerprint density at radius 1 is 1.50 bits per heavy atom. The standard InChI is InChI=1S/C11H13N5O2/c1-3-9-11(12)13-14-15(9)8-5-4-7(2)10(6-8)16(17)18/h4-6H,3,12H2,1-2H3. The van der Waals surface area contributed by atoms with Gasteiger partial charge in [-0.15, -0.1) is 5.10 Å². The Hall–Kier alpha value is -2.44. The quantitative estimate of drug-likeness (QED) is 0.656. The molecule has 2 N–H and O–H groups in total. The van der Waals surface area contributed by atoms with Crippen molar-refractivity contribution >= 4 is 11.5 Å². The fourth-order valence-corrected chi connectivity index (χ4v) is 1.78. The molecule has 0 amide bonds. The van der Waals surface area contributed by atoms with Crippen LogP contribution in [0, 0.1) is 17.0 Å². The minimum absolute atomic E-state index is 0.0589.